The number of nitriles is 1. The van der Waals surface area contributed by atoms with E-state index >= 15 is 0 Å². The first-order valence-electron chi connectivity index (χ1n) is 9.31. The number of carbonyl (C=O) groups is 1. The topological polar surface area (TPSA) is 204 Å². The van der Waals surface area contributed by atoms with Gasteiger partial charge < -0.3 is 44.7 Å². The third kappa shape index (κ3) is 3.52. The molecule has 14 nitrogen and oxygen atoms in total. The van der Waals surface area contributed by atoms with Crippen LogP contribution < -0.4 is 5.73 Å². The minimum Gasteiger partial charge on any atom is -0.433 e. The summed E-state index contributed by atoms with van der Waals surface area (Å²) in [7, 11) is 0. The standard InChI is InChI=1S/C18H19N5O9/c1-8-10(31-17(27)30-8)4-28-16(26)29-5-11-13(24)14(25)18(6-19,32-11)12-3-2-9-15(20)21-7-22-23(9)12/h2-3,7,11,13-14,17,24-25,27H,4-5H2,1H3,(H2,20,21,22)/t11-,13-,14-,17?,18+/m1/s1. The molecule has 4 heterocycles. The fourth-order valence-electron chi connectivity index (χ4n) is 3.45. The van der Waals surface area contributed by atoms with Crippen LogP contribution in [0.1, 0.15) is 12.6 Å². The Kier molecular flexibility index (Phi) is 5.48. The largest absolute Gasteiger partial charge is 0.508 e. The predicted octanol–water partition coefficient (Wildman–Crippen LogP) is -1.14. The molecular weight excluding hydrogens is 430 g/mol. The Labute approximate surface area is 179 Å². The summed E-state index contributed by atoms with van der Waals surface area (Å²) in [4.78, 5) is 15.7. The van der Waals surface area contributed by atoms with E-state index in [1.165, 1.54) is 29.9 Å². The van der Waals surface area contributed by atoms with Crippen LogP contribution in [0, 0.1) is 11.3 Å². The summed E-state index contributed by atoms with van der Waals surface area (Å²) >= 11 is 0. The molecule has 5 N–H and O–H groups in total. The highest BCUT2D eigenvalue weighted by Gasteiger charge is 2.57. The van der Waals surface area contributed by atoms with Crippen LogP contribution >= 0.6 is 0 Å². The third-order valence-corrected chi connectivity index (χ3v) is 5.09. The van der Waals surface area contributed by atoms with Gasteiger partial charge in [0.2, 0.25) is 5.60 Å². The summed E-state index contributed by atoms with van der Waals surface area (Å²) in [6.07, 6.45) is -4.48. The number of hydrogen-bond acceptors (Lipinski definition) is 13. The molecule has 32 heavy (non-hydrogen) atoms. The van der Waals surface area contributed by atoms with Crippen LogP contribution in [-0.4, -0.2) is 74.1 Å². The lowest BCUT2D eigenvalue weighted by atomic mass is 9.92. The van der Waals surface area contributed by atoms with Gasteiger partial charge in [0.1, 0.15) is 48.6 Å². The smallest absolute Gasteiger partial charge is 0.433 e. The van der Waals surface area contributed by atoms with E-state index in [1.54, 1.807) is 0 Å². The quantitative estimate of drug-likeness (QED) is 0.399. The Morgan fingerprint density at radius 2 is 2.12 bits per heavy atom. The number of nitrogens with two attached hydrogens (primary N) is 1. The lowest BCUT2D eigenvalue weighted by Gasteiger charge is -2.24. The predicted molar refractivity (Wildman–Crippen MR) is 99.8 cm³/mol. The normalized spacial score (nSPS) is 29.5. The molecule has 2 aliphatic rings. The second kappa shape index (κ2) is 8.13. The van der Waals surface area contributed by atoms with Crippen LogP contribution in [0.25, 0.3) is 5.52 Å². The first-order chi connectivity index (χ1) is 15.3. The van der Waals surface area contributed by atoms with E-state index in [2.05, 4.69) is 10.1 Å². The van der Waals surface area contributed by atoms with E-state index in [0.29, 0.717) is 5.52 Å². The second-order valence-electron chi connectivity index (χ2n) is 6.97. The fourth-order valence-corrected chi connectivity index (χ4v) is 3.45. The number of allylic oxidation sites excluding steroid dienone is 1. The molecule has 1 fully saturated rings. The van der Waals surface area contributed by atoms with E-state index in [1.807, 2.05) is 6.07 Å². The molecule has 1 unspecified atom stereocenters. The molecule has 0 saturated carbocycles. The molecule has 170 valence electrons. The summed E-state index contributed by atoms with van der Waals surface area (Å²) in [5, 5.41) is 44.1. The van der Waals surface area contributed by atoms with Crippen molar-refractivity contribution < 1.29 is 43.8 Å². The second-order valence-corrected chi connectivity index (χ2v) is 6.97. The SMILES string of the molecule is CC1=C(COC(=O)OC[C@H]2O[C@@](C#N)(c3ccc4c(N)ncnn34)[C@H](O)[C@@H]2O)OC(O)O1. The number of hydrogen-bond donors (Lipinski definition) is 4. The molecule has 14 heteroatoms. The van der Waals surface area contributed by atoms with Crippen molar-refractivity contribution in [3.05, 3.63) is 35.7 Å². The summed E-state index contributed by atoms with van der Waals surface area (Å²) in [5.41, 5.74) is 4.27. The molecule has 0 spiro atoms. The average molecular weight is 449 g/mol. The van der Waals surface area contributed by atoms with Gasteiger partial charge in [0.05, 0.1) is 5.69 Å². The minimum absolute atomic E-state index is 0.104. The maximum absolute atomic E-state index is 11.9. The summed E-state index contributed by atoms with van der Waals surface area (Å²) in [5.74, 6) is 0.488. The van der Waals surface area contributed by atoms with Gasteiger partial charge in [-0.15, -0.1) is 0 Å². The molecule has 0 aliphatic carbocycles. The molecule has 5 atom stereocenters. The van der Waals surface area contributed by atoms with Gasteiger partial charge >= 0.3 is 12.6 Å². The number of aliphatic hydroxyl groups is 3. The van der Waals surface area contributed by atoms with Crippen LogP contribution in [-0.2, 0) is 29.3 Å². The van der Waals surface area contributed by atoms with Crippen molar-refractivity contribution in [2.24, 2.45) is 0 Å². The maximum Gasteiger partial charge on any atom is 0.508 e. The van der Waals surface area contributed by atoms with Crippen LogP contribution in [0.4, 0.5) is 10.6 Å². The first kappa shape index (κ1) is 21.6. The van der Waals surface area contributed by atoms with Gasteiger partial charge in [0.25, 0.3) is 0 Å². The lowest BCUT2D eigenvalue weighted by molar-refractivity contribution is -0.194. The van der Waals surface area contributed by atoms with Crippen molar-refractivity contribution in [1.82, 2.24) is 14.6 Å². The molecule has 2 aliphatic heterocycles. The molecular formula is C18H19N5O9. The highest BCUT2D eigenvalue weighted by Crippen LogP contribution is 2.40. The van der Waals surface area contributed by atoms with Crippen molar-refractivity contribution in [1.29, 1.82) is 5.26 Å². The fraction of sp³-hybridized carbons (Fsp3) is 0.444. The lowest BCUT2D eigenvalue weighted by Crippen LogP contribution is -2.41. The number of fused-ring (bicyclic) bond motifs is 1. The Balaban J connectivity index is 1.44. The molecule has 4 rings (SSSR count). The Bertz CT molecular complexity index is 1110. The van der Waals surface area contributed by atoms with Crippen molar-refractivity contribution in [2.75, 3.05) is 18.9 Å². The summed E-state index contributed by atoms with van der Waals surface area (Å²) in [6.45, 7) is -0.857. The van der Waals surface area contributed by atoms with Gasteiger partial charge in [0.15, 0.2) is 18.2 Å². The van der Waals surface area contributed by atoms with Crippen molar-refractivity contribution >= 4 is 17.5 Å². The Morgan fingerprint density at radius 1 is 1.34 bits per heavy atom. The van der Waals surface area contributed by atoms with Crippen LogP contribution in [0.3, 0.4) is 0 Å². The van der Waals surface area contributed by atoms with Crippen molar-refractivity contribution in [2.45, 2.75) is 37.3 Å². The molecule has 0 radical (unpaired) electrons. The van der Waals surface area contributed by atoms with Gasteiger partial charge in [-0.1, -0.05) is 0 Å². The Hall–Kier alpha value is -3.64. The average Bonchev–Trinajstić information content (AvgIpc) is 3.41. The number of nitrogen functional groups attached to an aromatic ring is 1. The highest BCUT2D eigenvalue weighted by molar-refractivity contribution is 5.66. The first-order valence-corrected chi connectivity index (χ1v) is 9.31. The van der Waals surface area contributed by atoms with E-state index in [-0.39, 0.29) is 29.6 Å². The van der Waals surface area contributed by atoms with Crippen LogP contribution in [0.5, 0.6) is 0 Å². The number of aliphatic hydroxyl groups excluding tert-OH is 3. The molecule has 2 aromatic heterocycles. The van der Waals surface area contributed by atoms with Crippen molar-refractivity contribution in [3.63, 3.8) is 0 Å². The van der Waals surface area contributed by atoms with E-state index < -0.39 is 43.2 Å². The van der Waals surface area contributed by atoms with E-state index in [0.717, 1.165) is 0 Å². The zero-order chi connectivity index (χ0) is 23.0. The van der Waals surface area contributed by atoms with E-state index in [4.69, 9.17) is 29.4 Å². The monoisotopic (exact) mass is 449 g/mol. The zero-order valence-corrected chi connectivity index (χ0v) is 16.6. The van der Waals surface area contributed by atoms with Gasteiger partial charge in [-0.25, -0.2) is 14.3 Å². The van der Waals surface area contributed by atoms with Gasteiger partial charge in [-0.05, 0) is 19.1 Å². The van der Waals surface area contributed by atoms with E-state index in [9.17, 15) is 25.4 Å². The summed E-state index contributed by atoms with van der Waals surface area (Å²) < 4.78 is 26.4. The number of ether oxygens (including phenoxy) is 5. The highest BCUT2D eigenvalue weighted by atomic mass is 16.8. The molecule has 1 saturated heterocycles. The molecule has 0 amide bonds. The van der Waals surface area contributed by atoms with Gasteiger partial charge in [-0.2, -0.15) is 10.4 Å². The van der Waals surface area contributed by atoms with Crippen LogP contribution in [0.2, 0.25) is 0 Å². The molecule has 2 aromatic rings. The Morgan fingerprint density at radius 3 is 2.81 bits per heavy atom. The van der Waals surface area contributed by atoms with Gasteiger partial charge in [0, 0.05) is 0 Å². The molecule has 0 bridgehead atoms. The maximum atomic E-state index is 11.9. The molecule has 0 aromatic carbocycles. The minimum atomic E-state index is -2.02. The number of carbonyl (C=O) groups excluding carboxylic acids is 1. The van der Waals surface area contributed by atoms with Crippen molar-refractivity contribution in [3.8, 4) is 6.07 Å². The van der Waals surface area contributed by atoms with Gasteiger partial charge in [-0.3, -0.25) is 0 Å². The number of anilines is 1. The number of nitrogens with zero attached hydrogens (tertiary/aromatic N) is 4. The third-order valence-electron chi connectivity index (χ3n) is 5.09. The number of rotatable bonds is 5. The van der Waals surface area contributed by atoms with Crippen LogP contribution in [0.15, 0.2) is 30.0 Å². The number of aromatic nitrogens is 3. The summed E-state index contributed by atoms with van der Waals surface area (Å²) in [6, 6.07) is 4.88. The zero-order valence-electron chi connectivity index (χ0n) is 16.6.